The van der Waals surface area contributed by atoms with E-state index in [9.17, 15) is 22.8 Å². The van der Waals surface area contributed by atoms with Crippen molar-refractivity contribution in [2.24, 2.45) is 5.92 Å². The number of nitrogens with one attached hydrogen (secondary N) is 1. The second kappa shape index (κ2) is 4.32. The highest BCUT2D eigenvalue weighted by Crippen LogP contribution is 2.26. The standard InChI is InChI=1S/C11H9F3N2O2/c1-5-4-16(11(18)15-10(5)17)9-7(13)2-6(12)3-8(9)14/h2-3,5H,4H2,1H3,(H,15,17,18). The molecule has 0 bridgehead atoms. The minimum atomic E-state index is -1.19. The molecule has 7 heteroatoms. The summed E-state index contributed by atoms with van der Waals surface area (Å²) in [5, 5.41) is 1.97. The van der Waals surface area contributed by atoms with Crippen LogP contribution in [0.5, 0.6) is 0 Å². The number of rotatable bonds is 1. The van der Waals surface area contributed by atoms with Crippen LogP contribution in [0.4, 0.5) is 23.7 Å². The van der Waals surface area contributed by atoms with E-state index < -0.39 is 41.0 Å². The van der Waals surface area contributed by atoms with Crippen molar-refractivity contribution < 1.29 is 22.8 Å². The lowest BCUT2D eigenvalue weighted by molar-refractivity contribution is -0.123. The Balaban J connectivity index is 2.43. The van der Waals surface area contributed by atoms with Gasteiger partial charge in [0, 0.05) is 18.7 Å². The molecule has 0 radical (unpaired) electrons. The summed E-state index contributed by atoms with van der Waals surface area (Å²) in [7, 11) is 0. The number of imide groups is 1. The first-order valence-electron chi connectivity index (χ1n) is 5.17. The third-order valence-corrected chi connectivity index (χ3v) is 2.63. The maximum atomic E-state index is 13.5. The first kappa shape index (κ1) is 12.4. The largest absolute Gasteiger partial charge is 0.328 e. The van der Waals surface area contributed by atoms with Crippen molar-refractivity contribution in [1.29, 1.82) is 0 Å². The number of anilines is 1. The Morgan fingerprint density at radius 2 is 1.78 bits per heavy atom. The quantitative estimate of drug-likeness (QED) is 0.835. The van der Waals surface area contributed by atoms with E-state index in [0.717, 1.165) is 4.90 Å². The molecule has 0 aliphatic carbocycles. The highest BCUT2D eigenvalue weighted by atomic mass is 19.1. The smallest absolute Gasteiger partial charge is 0.288 e. The van der Waals surface area contributed by atoms with Crippen molar-refractivity contribution in [2.45, 2.75) is 6.92 Å². The molecule has 3 amide bonds. The van der Waals surface area contributed by atoms with E-state index in [4.69, 9.17) is 0 Å². The van der Waals surface area contributed by atoms with Crippen LogP contribution in [-0.4, -0.2) is 18.5 Å². The number of urea groups is 1. The summed E-state index contributed by atoms with van der Waals surface area (Å²) in [5.74, 6) is -4.57. The van der Waals surface area contributed by atoms with Crippen molar-refractivity contribution in [1.82, 2.24) is 5.32 Å². The zero-order valence-corrected chi connectivity index (χ0v) is 9.34. The number of hydrogen-bond acceptors (Lipinski definition) is 2. The molecular weight excluding hydrogens is 249 g/mol. The summed E-state index contributed by atoms with van der Waals surface area (Å²) in [4.78, 5) is 23.5. The van der Waals surface area contributed by atoms with E-state index in [-0.39, 0.29) is 6.54 Å². The van der Waals surface area contributed by atoms with E-state index in [1.54, 1.807) is 0 Å². The monoisotopic (exact) mass is 258 g/mol. The highest BCUT2D eigenvalue weighted by molar-refractivity contribution is 6.06. The predicted molar refractivity (Wildman–Crippen MR) is 56.4 cm³/mol. The second-order valence-corrected chi connectivity index (χ2v) is 4.02. The van der Waals surface area contributed by atoms with Gasteiger partial charge in [0.1, 0.15) is 11.5 Å². The van der Waals surface area contributed by atoms with Crippen molar-refractivity contribution in [2.75, 3.05) is 11.4 Å². The number of halogens is 3. The number of hydrogen-bond donors (Lipinski definition) is 1. The number of nitrogens with zero attached hydrogens (tertiary/aromatic N) is 1. The molecule has 1 fully saturated rings. The molecule has 18 heavy (non-hydrogen) atoms. The lowest BCUT2D eigenvalue weighted by Crippen LogP contribution is -2.54. The summed E-state index contributed by atoms with van der Waals surface area (Å²) in [5.41, 5.74) is -0.659. The van der Waals surface area contributed by atoms with Gasteiger partial charge in [0.25, 0.3) is 0 Å². The van der Waals surface area contributed by atoms with Crippen LogP contribution in [0.1, 0.15) is 6.92 Å². The molecule has 1 aliphatic rings. The Bertz CT molecular complexity index is 510. The predicted octanol–water partition coefficient (Wildman–Crippen LogP) is 1.80. The first-order chi connectivity index (χ1) is 8.40. The van der Waals surface area contributed by atoms with E-state index >= 15 is 0 Å². The van der Waals surface area contributed by atoms with Crippen LogP contribution in [0.3, 0.4) is 0 Å². The van der Waals surface area contributed by atoms with Crippen LogP contribution in [-0.2, 0) is 4.79 Å². The van der Waals surface area contributed by atoms with Gasteiger partial charge in [-0.05, 0) is 0 Å². The maximum Gasteiger partial charge on any atom is 0.328 e. The fourth-order valence-electron chi connectivity index (χ4n) is 1.72. The number of carbonyl (C=O) groups is 2. The van der Waals surface area contributed by atoms with Crippen LogP contribution in [0.15, 0.2) is 12.1 Å². The lowest BCUT2D eigenvalue weighted by Gasteiger charge is -2.30. The van der Waals surface area contributed by atoms with Crippen LogP contribution >= 0.6 is 0 Å². The topological polar surface area (TPSA) is 49.4 Å². The summed E-state index contributed by atoms with van der Waals surface area (Å²) in [6.45, 7) is 1.35. The fraction of sp³-hybridized carbons (Fsp3) is 0.273. The Hall–Kier alpha value is -2.05. The van der Waals surface area contributed by atoms with Gasteiger partial charge >= 0.3 is 6.03 Å². The van der Waals surface area contributed by atoms with Crippen molar-refractivity contribution >= 4 is 17.6 Å². The second-order valence-electron chi connectivity index (χ2n) is 4.02. The number of benzene rings is 1. The van der Waals surface area contributed by atoms with Gasteiger partial charge in [0.05, 0.1) is 5.92 Å². The molecule has 0 saturated carbocycles. The summed E-state index contributed by atoms with van der Waals surface area (Å²) < 4.78 is 39.8. The molecule has 1 heterocycles. The van der Waals surface area contributed by atoms with Crippen molar-refractivity contribution in [3.63, 3.8) is 0 Å². The maximum absolute atomic E-state index is 13.5. The van der Waals surface area contributed by atoms with Gasteiger partial charge < -0.3 is 0 Å². The molecule has 4 nitrogen and oxygen atoms in total. The first-order valence-corrected chi connectivity index (χ1v) is 5.17. The minimum absolute atomic E-state index is 0.163. The molecule has 1 aliphatic heterocycles. The van der Waals surface area contributed by atoms with Crippen LogP contribution in [0, 0.1) is 23.4 Å². The Morgan fingerprint density at radius 3 is 2.33 bits per heavy atom. The van der Waals surface area contributed by atoms with Crippen LogP contribution in [0.25, 0.3) is 0 Å². The SMILES string of the molecule is CC1CN(c2c(F)cc(F)cc2F)C(=O)NC1=O. The van der Waals surface area contributed by atoms with Gasteiger partial charge in [-0.15, -0.1) is 0 Å². The number of amides is 3. The Morgan fingerprint density at radius 1 is 1.22 bits per heavy atom. The minimum Gasteiger partial charge on any atom is -0.288 e. The van der Waals surface area contributed by atoms with E-state index in [2.05, 4.69) is 0 Å². The molecule has 0 aromatic heterocycles. The molecular formula is C11H9F3N2O2. The fourth-order valence-corrected chi connectivity index (χ4v) is 1.72. The molecule has 0 spiro atoms. The molecule has 1 atom stereocenters. The van der Waals surface area contributed by atoms with Gasteiger partial charge in [-0.2, -0.15) is 0 Å². The van der Waals surface area contributed by atoms with E-state index in [1.807, 2.05) is 5.32 Å². The summed E-state index contributed by atoms with van der Waals surface area (Å²) in [6, 6.07) is 0.0297. The number of carbonyl (C=O) groups excluding carboxylic acids is 2. The van der Waals surface area contributed by atoms with Gasteiger partial charge in [-0.1, -0.05) is 6.92 Å². The van der Waals surface area contributed by atoms with Crippen molar-refractivity contribution in [3.8, 4) is 0 Å². The zero-order chi connectivity index (χ0) is 13.4. The molecule has 1 N–H and O–H groups in total. The van der Waals surface area contributed by atoms with Gasteiger partial charge in [-0.25, -0.2) is 18.0 Å². The van der Waals surface area contributed by atoms with Gasteiger partial charge in [0.2, 0.25) is 5.91 Å². The highest BCUT2D eigenvalue weighted by Gasteiger charge is 2.33. The average molecular weight is 258 g/mol. The summed E-state index contributed by atoms with van der Waals surface area (Å²) >= 11 is 0. The normalized spacial score (nSPS) is 20.0. The lowest BCUT2D eigenvalue weighted by atomic mass is 10.1. The molecule has 1 saturated heterocycles. The van der Waals surface area contributed by atoms with Crippen LogP contribution < -0.4 is 10.2 Å². The van der Waals surface area contributed by atoms with E-state index in [0.29, 0.717) is 12.1 Å². The third-order valence-electron chi connectivity index (χ3n) is 2.63. The molecule has 96 valence electrons. The Kier molecular flexibility index (Phi) is 2.98. The molecule has 2 rings (SSSR count). The van der Waals surface area contributed by atoms with Crippen molar-refractivity contribution in [3.05, 3.63) is 29.6 Å². The molecule has 1 aromatic rings. The average Bonchev–Trinajstić information content (AvgIpc) is 2.24. The van der Waals surface area contributed by atoms with Gasteiger partial charge in [0.15, 0.2) is 11.6 Å². The Labute approximate surface area is 100 Å². The molecule has 1 aromatic carbocycles. The molecule has 1 unspecified atom stereocenters. The van der Waals surface area contributed by atoms with Gasteiger partial charge in [-0.3, -0.25) is 15.0 Å². The zero-order valence-electron chi connectivity index (χ0n) is 9.34. The summed E-state index contributed by atoms with van der Waals surface area (Å²) in [6.07, 6.45) is 0. The van der Waals surface area contributed by atoms with Crippen LogP contribution in [0.2, 0.25) is 0 Å². The van der Waals surface area contributed by atoms with E-state index in [1.165, 1.54) is 6.92 Å². The third kappa shape index (κ3) is 2.03.